The second-order valence-corrected chi connectivity index (χ2v) is 6.00. The lowest BCUT2D eigenvalue weighted by Crippen LogP contribution is -2.33. The largest absolute Gasteiger partial charge is 0.486 e. The second-order valence-electron chi connectivity index (χ2n) is 5.14. The third-order valence-electron chi connectivity index (χ3n) is 4.16. The van der Waals surface area contributed by atoms with E-state index in [1.54, 1.807) is 0 Å². The molecule has 0 spiro atoms. The highest BCUT2D eigenvalue weighted by Gasteiger charge is 2.38. The van der Waals surface area contributed by atoms with Gasteiger partial charge in [0.15, 0.2) is 11.5 Å². The molecule has 1 fully saturated rings. The SMILES string of the molecule is NCC1(c2ccc(Br)c3c2OCCO3)CCCC1. The van der Waals surface area contributed by atoms with Crippen LogP contribution in [0.1, 0.15) is 31.2 Å². The summed E-state index contributed by atoms with van der Waals surface area (Å²) in [6.07, 6.45) is 4.81. The molecular weight excluding hydrogens is 294 g/mol. The molecule has 0 aromatic heterocycles. The minimum atomic E-state index is 0.0888. The molecule has 18 heavy (non-hydrogen) atoms. The lowest BCUT2D eigenvalue weighted by Gasteiger charge is -2.32. The maximum atomic E-state index is 6.06. The molecule has 1 heterocycles. The van der Waals surface area contributed by atoms with E-state index in [0.29, 0.717) is 19.8 Å². The van der Waals surface area contributed by atoms with Gasteiger partial charge < -0.3 is 15.2 Å². The van der Waals surface area contributed by atoms with Crippen LogP contribution < -0.4 is 15.2 Å². The van der Waals surface area contributed by atoms with Gasteiger partial charge in [-0.2, -0.15) is 0 Å². The molecule has 0 radical (unpaired) electrons. The van der Waals surface area contributed by atoms with Crippen LogP contribution in [-0.2, 0) is 5.41 Å². The number of benzene rings is 1. The number of ether oxygens (including phenoxy) is 2. The topological polar surface area (TPSA) is 44.5 Å². The molecule has 4 heteroatoms. The zero-order chi connectivity index (χ0) is 12.6. The summed E-state index contributed by atoms with van der Waals surface area (Å²) in [5.41, 5.74) is 7.39. The summed E-state index contributed by atoms with van der Waals surface area (Å²) >= 11 is 3.53. The van der Waals surface area contributed by atoms with Crippen molar-refractivity contribution in [3.8, 4) is 11.5 Å². The average molecular weight is 312 g/mol. The number of hydrogen-bond acceptors (Lipinski definition) is 3. The number of rotatable bonds is 2. The predicted octanol–water partition coefficient (Wildman–Crippen LogP) is 2.99. The van der Waals surface area contributed by atoms with E-state index < -0.39 is 0 Å². The molecule has 1 aromatic carbocycles. The van der Waals surface area contributed by atoms with Gasteiger partial charge in [0.05, 0.1) is 4.47 Å². The Labute approximate surface area is 116 Å². The Morgan fingerprint density at radius 2 is 1.78 bits per heavy atom. The number of fused-ring (bicyclic) bond motifs is 1. The van der Waals surface area contributed by atoms with E-state index in [2.05, 4.69) is 28.1 Å². The van der Waals surface area contributed by atoms with Crippen molar-refractivity contribution in [3.05, 3.63) is 22.2 Å². The molecule has 0 unspecified atom stereocenters. The zero-order valence-corrected chi connectivity index (χ0v) is 12.0. The van der Waals surface area contributed by atoms with Crippen molar-refractivity contribution in [1.82, 2.24) is 0 Å². The van der Waals surface area contributed by atoms with Crippen molar-refractivity contribution >= 4 is 15.9 Å². The zero-order valence-electron chi connectivity index (χ0n) is 10.4. The maximum absolute atomic E-state index is 6.06. The van der Waals surface area contributed by atoms with Gasteiger partial charge in [-0.05, 0) is 34.8 Å². The van der Waals surface area contributed by atoms with E-state index in [0.717, 1.165) is 28.8 Å². The first kappa shape index (κ1) is 12.3. The van der Waals surface area contributed by atoms with Crippen LogP contribution in [0.2, 0.25) is 0 Å². The van der Waals surface area contributed by atoms with Crippen LogP contribution in [0.25, 0.3) is 0 Å². The summed E-state index contributed by atoms with van der Waals surface area (Å²) in [5, 5.41) is 0. The molecule has 1 saturated carbocycles. The summed E-state index contributed by atoms with van der Waals surface area (Å²) in [4.78, 5) is 0. The number of hydrogen-bond donors (Lipinski definition) is 1. The van der Waals surface area contributed by atoms with Crippen LogP contribution in [0.4, 0.5) is 0 Å². The average Bonchev–Trinajstić information content (AvgIpc) is 2.89. The van der Waals surface area contributed by atoms with Crippen LogP contribution in [0.3, 0.4) is 0 Å². The van der Waals surface area contributed by atoms with Gasteiger partial charge in [0.1, 0.15) is 13.2 Å². The molecule has 0 bridgehead atoms. The van der Waals surface area contributed by atoms with Gasteiger partial charge in [-0.25, -0.2) is 0 Å². The van der Waals surface area contributed by atoms with Gasteiger partial charge in [0.25, 0.3) is 0 Å². The Morgan fingerprint density at radius 3 is 2.44 bits per heavy atom. The first-order valence-corrected chi connectivity index (χ1v) is 7.35. The van der Waals surface area contributed by atoms with Crippen molar-refractivity contribution in [2.45, 2.75) is 31.1 Å². The van der Waals surface area contributed by atoms with Crippen molar-refractivity contribution in [3.63, 3.8) is 0 Å². The molecular formula is C14H18BrNO2. The molecule has 1 aliphatic heterocycles. The fraction of sp³-hybridized carbons (Fsp3) is 0.571. The van der Waals surface area contributed by atoms with Gasteiger partial charge in [-0.3, -0.25) is 0 Å². The van der Waals surface area contributed by atoms with Gasteiger partial charge >= 0.3 is 0 Å². The molecule has 0 saturated heterocycles. The smallest absolute Gasteiger partial charge is 0.175 e. The van der Waals surface area contributed by atoms with Crippen LogP contribution in [-0.4, -0.2) is 19.8 Å². The van der Waals surface area contributed by atoms with Crippen LogP contribution in [0, 0.1) is 0 Å². The lowest BCUT2D eigenvalue weighted by molar-refractivity contribution is 0.165. The van der Waals surface area contributed by atoms with E-state index in [-0.39, 0.29) is 5.41 Å². The van der Waals surface area contributed by atoms with Crippen molar-refractivity contribution in [2.75, 3.05) is 19.8 Å². The Morgan fingerprint density at radius 1 is 1.11 bits per heavy atom. The lowest BCUT2D eigenvalue weighted by atomic mass is 9.78. The van der Waals surface area contributed by atoms with Crippen molar-refractivity contribution < 1.29 is 9.47 Å². The van der Waals surface area contributed by atoms with E-state index in [1.165, 1.54) is 18.4 Å². The van der Waals surface area contributed by atoms with E-state index in [4.69, 9.17) is 15.2 Å². The fourth-order valence-corrected chi connectivity index (χ4v) is 3.58. The molecule has 0 amide bonds. The van der Waals surface area contributed by atoms with Crippen molar-refractivity contribution in [2.24, 2.45) is 5.73 Å². The van der Waals surface area contributed by atoms with Crippen LogP contribution in [0.15, 0.2) is 16.6 Å². The fourth-order valence-electron chi connectivity index (χ4n) is 3.16. The highest BCUT2D eigenvalue weighted by Crippen LogP contribution is 2.49. The van der Waals surface area contributed by atoms with Gasteiger partial charge in [-0.15, -0.1) is 0 Å². The number of nitrogens with two attached hydrogens (primary N) is 1. The molecule has 1 aromatic rings. The molecule has 1 aliphatic carbocycles. The molecule has 3 nitrogen and oxygen atoms in total. The Kier molecular flexibility index (Phi) is 3.24. The second kappa shape index (κ2) is 4.74. The van der Waals surface area contributed by atoms with Gasteiger partial charge in [0.2, 0.25) is 0 Å². The maximum Gasteiger partial charge on any atom is 0.175 e. The molecule has 0 atom stereocenters. The first-order chi connectivity index (χ1) is 8.77. The summed E-state index contributed by atoms with van der Waals surface area (Å²) in [6, 6.07) is 4.20. The third kappa shape index (κ3) is 1.82. The summed E-state index contributed by atoms with van der Waals surface area (Å²) < 4.78 is 12.6. The van der Waals surface area contributed by atoms with Gasteiger partial charge in [0, 0.05) is 17.5 Å². The number of halogens is 1. The Balaban J connectivity index is 2.11. The van der Waals surface area contributed by atoms with E-state index in [1.807, 2.05) is 0 Å². The van der Waals surface area contributed by atoms with Crippen molar-refractivity contribution in [1.29, 1.82) is 0 Å². The van der Waals surface area contributed by atoms with E-state index >= 15 is 0 Å². The summed E-state index contributed by atoms with van der Waals surface area (Å²) in [7, 11) is 0. The first-order valence-electron chi connectivity index (χ1n) is 6.55. The molecule has 98 valence electrons. The highest BCUT2D eigenvalue weighted by atomic mass is 79.9. The standard InChI is InChI=1S/C14H18BrNO2/c15-11-4-3-10(12-13(11)18-8-7-17-12)14(9-16)5-1-2-6-14/h3-4H,1-2,5-9,16H2. The quantitative estimate of drug-likeness (QED) is 0.913. The molecule has 2 N–H and O–H groups in total. The monoisotopic (exact) mass is 311 g/mol. The third-order valence-corrected chi connectivity index (χ3v) is 4.79. The summed E-state index contributed by atoms with van der Waals surface area (Å²) in [6.45, 7) is 1.92. The van der Waals surface area contributed by atoms with Crippen LogP contribution in [0.5, 0.6) is 11.5 Å². The van der Waals surface area contributed by atoms with Gasteiger partial charge in [-0.1, -0.05) is 18.9 Å². The molecule has 3 rings (SSSR count). The molecule has 2 aliphatic rings. The van der Waals surface area contributed by atoms with Crippen LogP contribution >= 0.6 is 15.9 Å². The highest BCUT2D eigenvalue weighted by molar-refractivity contribution is 9.10. The minimum absolute atomic E-state index is 0.0888. The minimum Gasteiger partial charge on any atom is -0.486 e. The summed E-state index contributed by atoms with van der Waals surface area (Å²) in [5.74, 6) is 1.75. The predicted molar refractivity (Wildman–Crippen MR) is 74.3 cm³/mol. The van der Waals surface area contributed by atoms with E-state index in [9.17, 15) is 0 Å². The normalized spacial score (nSPS) is 21.0. The Bertz CT molecular complexity index is 455. The Hall–Kier alpha value is -0.740.